The van der Waals surface area contributed by atoms with Crippen LogP contribution in [0.5, 0.6) is 11.5 Å². The lowest BCUT2D eigenvalue weighted by Crippen LogP contribution is -1.97. The molecular formula is C20H30O3. The molecule has 0 saturated heterocycles. The van der Waals surface area contributed by atoms with Crippen molar-refractivity contribution in [2.75, 3.05) is 14.2 Å². The lowest BCUT2D eigenvalue weighted by molar-refractivity contribution is -0.114. The normalized spacial score (nSPS) is 10.9. The van der Waals surface area contributed by atoms with E-state index in [2.05, 4.69) is 6.92 Å². The predicted octanol–water partition coefficient (Wildman–Crippen LogP) is 5.12. The molecule has 3 nitrogen and oxygen atoms in total. The fourth-order valence-electron chi connectivity index (χ4n) is 2.47. The highest BCUT2D eigenvalue weighted by atomic mass is 16.5. The number of methoxy groups -OCH3 is 2. The van der Waals surface area contributed by atoms with Crippen LogP contribution in [0.25, 0.3) is 0 Å². The highest BCUT2D eigenvalue weighted by Crippen LogP contribution is 2.27. The molecule has 0 radical (unpaired) electrons. The van der Waals surface area contributed by atoms with Gasteiger partial charge in [0.2, 0.25) is 0 Å². The van der Waals surface area contributed by atoms with Crippen LogP contribution in [-0.2, 0) is 11.2 Å². The standard InChI is InChI=1S/C20H30O3/c1-4-5-6-7-8-9-10-11-18(21)14-12-17-13-15-19(22-2)20(16-17)23-3/h10-11,13,15-16H,4-9,12,14H2,1-3H3/b11-10+. The van der Waals surface area contributed by atoms with E-state index in [-0.39, 0.29) is 5.78 Å². The molecule has 0 aliphatic rings. The number of unbranched alkanes of at least 4 members (excludes halogenated alkanes) is 5. The highest BCUT2D eigenvalue weighted by Gasteiger charge is 2.05. The van der Waals surface area contributed by atoms with E-state index in [9.17, 15) is 4.79 Å². The van der Waals surface area contributed by atoms with Crippen molar-refractivity contribution in [2.45, 2.75) is 58.3 Å². The summed E-state index contributed by atoms with van der Waals surface area (Å²) in [7, 11) is 3.24. The minimum absolute atomic E-state index is 0.188. The van der Waals surface area contributed by atoms with Crippen molar-refractivity contribution >= 4 is 5.78 Å². The second-order valence-electron chi connectivity index (χ2n) is 5.76. The third-order valence-electron chi connectivity index (χ3n) is 3.89. The van der Waals surface area contributed by atoms with Gasteiger partial charge in [-0.05, 0) is 43.0 Å². The number of benzene rings is 1. The summed E-state index contributed by atoms with van der Waals surface area (Å²) in [6.07, 6.45) is 12.3. The number of rotatable bonds is 12. The summed E-state index contributed by atoms with van der Waals surface area (Å²) in [6.45, 7) is 2.22. The van der Waals surface area contributed by atoms with Crippen LogP contribution in [0.3, 0.4) is 0 Å². The number of carbonyl (C=O) groups is 1. The van der Waals surface area contributed by atoms with Crippen LogP contribution in [0.4, 0.5) is 0 Å². The maximum absolute atomic E-state index is 11.9. The quantitative estimate of drug-likeness (QED) is 0.396. The first-order chi connectivity index (χ1) is 11.2. The van der Waals surface area contributed by atoms with E-state index in [0.717, 1.165) is 18.4 Å². The molecule has 128 valence electrons. The number of ketones is 1. The average molecular weight is 318 g/mol. The maximum Gasteiger partial charge on any atom is 0.160 e. The first kappa shape index (κ1) is 19.3. The maximum atomic E-state index is 11.9. The van der Waals surface area contributed by atoms with Crippen LogP contribution in [0, 0.1) is 0 Å². The Morgan fingerprint density at radius 1 is 1.04 bits per heavy atom. The Labute approximate surface area is 140 Å². The van der Waals surface area contributed by atoms with Gasteiger partial charge < -0.3 is 9.47 Å². The summed E-state index contributed by atoms with van der Waals surface area (Å²) in [4.78, 5) is 11.9. The van der Waals surface area contributed by atoms with Crippen LogP contribution in [-0.4, -0.2) is 20.0 Å². The number of hydrogen-bond donors (Lipinski definition) is 0. The van der Waals surface area contributed by atoms with Crippen molar-refractivity contribution in [3.63, 3.8) is 0 Å². The van der Waals surface area contributed by atoms with Crippen LogP contribution < -0.4 is 9.47 Å². The van der Waals surface area contributed by atoms with Crippen LogP contribution >= 0.6 is 0 Å². The van der Waals surface area contributed by atoms with E-state index < -0.39 is 0 Å². The van der Waals surface area contributed by atoms with E-state index >= 15 is 0 Å². The number of allylic oxidation sites excluding steroid dienone is 2. The molecule has 3 heteroatoms. The summed E-state index contributed by atoms with van der Waals surface area (Å²) in [5.41, 5.74) is 1.09. The van der Waals surface area contributed by atoms with Crippen LogP contribution in [0.2, 0.25) is 0 Å². The molecule has 1 rings (SSSR count). The zero-order valence-corrected chi connectivity index (χ0v) is 14.8. The average Bonchev–Trinajstić information content (AvgIpc) is 2.58. The second-order valence-corrected chi connectivity index (χ2v) is 5.76. The zero-order valence-electron chi connectivity index (χ0n) is 14.8. The first-order valence-corrected chi connectivity index (χ1v) is 8.61. The van der Waals surface area contributed by atoms with E-state index in [1.165, 1.54) is 32.1 Å². The van der Waals surface area contributed by atoms with Gasteiger partial charge >= 0.3 is 0 Å². The molecule has 0 bridgehead atoms. The lowest BCUT2D eigenvalue weighted by atomic mass is 10.1. The smallest absolute Gasteiger partial charge is 0.160 e. The Kier molecular flexibility index (Phi) is 9.85. The third-order valence-corrected chi connectivity index (χ3v) is 3.89. The van der Waals surface area contributed by atoms with E-state index in [1.807, 2.05) is 24.3 Å². The number of aryl methyl sites for hydroxylation is 1. The summed E-state index contributed by atoms with van der Waals surface area (Å²) < 4.78 is 10.5. The van der Waals surface area contributed by atoms with Gasteiger partial charge in [0.05, 0.1) is 14.2 Å². The summed E-state index contributed by atoms with van der Waals surface area (Å²) >= 11 is 0. The van der Waals surface area contributed by atoms with Crippen molar-refractivity contribution in [2.24, 2.45) is 0 Å². The van der Waals surface area contributed by atoms with E-state index in [0.29, 0.717) is 17.9 Å². The largest absolute Gasteiger partial charge is 0.493 e. The molecule has 0 heterocycles. The van der Waals surface area contributed by atoms with E-state index in [1.54, 1.807) is 20.3 Å². The van der Waals surface area contributed by atoms with Crippen LogP contribution in [0.15, 0.2) is 30.4 Å². The van der Waals surface area contributed by atoms with Crippen molar-refractivity contribution in [1.29, 1.82) is 0 Å². The third kappa shape index (κ3) is 7.87. The van der Waals surface area contributed by atoms with Crippen molar-refractivity contribution in [3.8, 4) is 11.5 Å². The molecule has 0 amide bonds. The Hall–Kier alpha value is -1.77. The van der Waals surface area contributed by atoms with Gasteiger partial charge in [-0.2, -0.15) is 0 Å². The van der Waals surface area contributed by atoms with E-state index in [4.69, 9.17) is 9.47 Å². The minimum Gasteiger partial charge on any atom is -0.493 e. The predicted molar refractivity (Wildman–Crippen MR) is 95.4 cm³/mol. The Balaban J connectivity index is 2.30. The summed E-state index contributed by atoms with van der Waals surface area (Å²) in [5.74, 6) is 1.61. The van der Waals surface area contributed by atoms with Gasteiger partial charge in [-0.25, -0.2) is 0 Å². The minimum atomic E-state index is 0.188. The lowest BCUT2D eigenvalue weighted by Gasteiger charge is -2.09. The highest BCUT2D eigenvalue weighted by molar-refractivity contribution is 5.89. The molecule has 0 fully saturated rings. The molecule has 0 aliphatic heterocycles. The fraction of sp³-hybridized carbons (Fsp3) is 0.550. The number of ether oxygens (including phenoxy) is 2. The Morgan fingerprint density at radius 3 is 2.48 bits per heavy atom. The molecule has 23 heavy (non-hydrogen) atoms. The molecule has 0 spiro atoms. The Bertz CT molecular complexity index is 492. The molecule has 0 aliphatic carbocycles. The van der Waals surface area contributed by atoms with Gasteiger partial charge in [0.1, 0.15) is 0 Å². The summed E-state index contributed by atoms with van der Waals surface area (Å²) in [6, 6.07) is 5.79. The van der Waals surface area contributed by atoms with Crippen molar-refractivity contribution in [3.05, 3.63) is 35.9 Å². The monoisotopic (exact) mass is 318 g/mol. The van der Waals surface area contributed by atoms with Crippen molar-refractivity contribution in [1.82, 2.24) is 0 Å². The molecule has 1 aromatic rings. The van der Waals surface area contributed by atoms with Gasteiger partial charge in [0.25, 0.3) is 0 Å². The Morgan fingerprint density at radius 2 is 1.78 bits per heavy atom. The molecule has 1 aromatic carbocycles. The van der Waals surface area contributed by atoms with Gasteiger partial charge in [0, 0.05) is 6.42 Å². The van der Waals surface area contributed by atoms with Gasteiger partial charge in [0.15, 0.2) is 17.3 Å². The molecular weight excluding hydrogens is 288 g/mol. The zero-order chi connectivity index (χ0) is 16.9. The fourth-order valence-corrected chi connectivity index (χ4v) is 2.47. The SMILES string of the molecule is CCCCCCC/C=C/C(=O)CCc1ccc(OC)c(OC)c1. The molecule has 0 atom stereocenters. The molecule has 0 N–H and O–H groups in total. The second kappa shape index (κ2) is 11.8. The topological polar surface area (TPSA) is 35.5 Å². The van der Waals surface area contributed by atoms with Gasteiger partial charge in [-0.1, -0.05) is 44.7 Å². The number of carbonyl (C=O) groups excluding carboxylic acids is 1. The molecule has 0 unspecified atom stereocenters. The van der Waals surface area contributed by atoms with Gasteiger partial charge in [-0.15, -0.1) is 0 Å². The number of hydrogen-bond acceptors (Lipinski definition) is 3. The molecule has 0 aromatic heterocycles. The van der Waals surface area contributed by atoms with Crippen molar-refractivity contribution < 1.29 is 14.3 Å². The van der Waals surface area contributed by atoms with Gasteiger partial charge in [-0.3, -0.25) is 4.79 Å². The molecule has 0 saturated carbocycles. The summed E-state index contributed by atoms with van der Waals surface area (Å²) in [5, 5.41) is 0. The first-order valence-electron chi connectivity index (χ1n) is 8.61. The van der Waals surface area contributed by atoms with Crippen LogP contribution in [0.1, 0.15) is 57.4 Å².